The summed E-state index contributed by atoms with van der Waals surface area (Å²) in [6, 6.07) is 9.14. The van der Waals surface area contributed by atoms with Crippen LogP contribution in [0.25, 0.3) is 11.0 Å². The van der Waals surface area contributed by atoms with E-state index in [1.165, 1.54) is 0 Å². The summed E-state index contributed by atoms with van der Waals surface area (Å²) in [5, 5.41) is 16.9. The Morgan fingerprint density at radius 3 is 2.48 bits per heavy atom. The summed E-state index contributed by atoms with van der Waals surface area (Å²) in [5.74, 6) is -1.53. The van der Waals surface area contributed by atoms with E-state index in [2.05, 4.69) is 15.4 Å². The second kappa shape index (κ2) is 7.57. The molecule has 7 heteroatoms. The number of anilines is 1. The average molecular weight is 366 g/mol. The van der Waals surface area contributed by atoms with Gasteiger partial charge in [0.1, 0.15) is 0 Å². The quantitative estimate of drug-likeness (QED) is 0.695. The molecule has 0 aliphatic heterocycles. The van der Waals surface area contributed by atoms with Gasteiger partial charge in [-0.15, -0.1) is 0 Å². The fourth-order valence-corrected chi connectivity index (χ4v) is 2.81. The summed E-state index contributed by atoms with van der Waals surface area (Å²) >= 11 is 0. The Hall–Kier alpha value is -3.22. The Bertz CT molecular complexity index is 977. The monoisotopic (exact) mass is 366 g/mol. The number of hydrogen-bond acceptors (Lipinski definition) is 4. The highest BCUT2D eigenvalue weighted by atomic mass is 16.4. The first-order chi connectivity index (χ1) is 12.8. The zero-order chi connectivity index (χ0) is 19.6. The number of benzene rings is 1. The third-order valence-electron chi connectivity index (χ3n) is 4.36. The van der Waals surface area contributed by atoms with Crippen LogP contribution in [0.5, 0.6) is 0 Å². The number of nitrogens with one attached hydrogen (secondary N) is 1. The smallest absolute Gasteiger partial charge is 0.306 e. The van der Waals surface area contributed by atoms with E-state index in [4.69, 9.17) is 5.11 Å². The van der Waals surface area contributed by atoms with Gasteiger partial charge in [-0.25, -0.2) is 9.67 Å². The molecule has 0 bridgehead atoms. The van der Waals surface area contributed by atoms with Gasteiger partial charge in [-0.3, -0.25) is 9.59 Å². The summed E-state index contributed by atoms with van der Waals surface area (Å²) in [6.07, 6.45) is 3.70. The number of aliphatic carboxylic acids is 1. The van der Waals surface area contributed by atoms with Crippen LogP contribution in [-0.2, 0) is 11.2 Å². The minimum atomic E-state index is -0.823. The highest BCUT2D eigenvalue weighted by Gasteiger charge is 2.13. The van der Waals surface area contributed by atoms with Gasteiger partial charge in [-0.1, -0.05) is 19.1 Å². The molecule has 0 fully saturated rings. The fourth-order valence-electron chi connectivity index (χ4n) is 2.81. The van der Waals surface area contributed by atoms with Crippen LogP contribution in [-0.4, -0.2) is 31.7 Å². The van der Waals surface area contributed by atoms with Crippen molar-refractivity contribution in [2.75, 3.05) is 5.32 Å². The first kappa shape index (κ1) is 18.6. The second-order valence-corrected chi connectivity index (χ2v) is 6.91. The van der Waals surface area contributed by atoms with Gasteiger partial charge >= 0.3 is 5.97 Å². The number of hydrogen-bond donors (Lipinski definition) is 2. The number of rotatable bonds is 6. The van der Waals surface area contributed by atoms with E-state index in [0.29, 0.717) is 17.7 Å². The van der Waals surface area contributed by atoms with Gasteiger partial charge < -0.3 is 10.4 Å². The summed E-state index contributed by atoms with van der Waals surface area (Å²) in [7, 11) is 0. The van der Waals surface area contributed by atoms with Crippen molar-refractivity contribution in [3.8, 4) is 0 Å². The molecule has 0 saturated carbocycles. The van der Waals surface area contributed by atoms with Gasteiger partial charge in [0.15, 0.2) is 5.65 Å². The van der Waals surface area contributed by atoms with Crippen LogP contribution in [0.4, 0.5) is 5.69 Å². The maximum Gasteiger partial charge on any atom is 0.306 e. The Labute approximate surface area is 157 Å². The summed E-state index contributed by atoms with van der Waals surface area (Å²) in [5.41, 5.74) is 2.75. The molecule has 0 saturated heterocycles. The van der Waals surface area contributed by atoms with Crippen molar-refractivity contribution in [1.29, 1.82) is 0 Å². The number of carboxylic acid groups (broad SMARTS) is 1. The third kappa shape index (κ3) is 4.13. The zero-order valence-corrected chi connectivity index (χ0v) is 15.5. The van der Waals surface area contributed by atoms with E-state index >= 15 is 0 Å². The predicted molar refractivity (Wildman–Crippen MR) is 103 cm³/mol. The Balaban J connectivity index is 1.71. The molecule has 1 amide bonds. The van der Waals surface area contributed by atoms with Gasteiger partial charge in [0.25, 0.3) is 5.91 Å². The highest BCUT2D eigenvalue weighted by molar-refractivity contribution is 6.05. The Morgan fingerprint density at radius 1 is 1.15 bits per heavy atom. The van der Waals surface area contributed by atoms with Crippen molar-refractivity contribution in [2.45, 2.75) is 33.2 Å². The molecule has 0 spiro atoms. The molecule has 0 aliphatic rings. The van der Waals surface area contributed by atoms with Crippen LogP contribution in [0.3, 0.4) is 0 Å². The molecule has 3 aromatic rings. The number of aromatic nitrogens is 3. The Morgan fingerprint density at radius 2 is 1.85 bits per heavy atom. The van der Waals surface area contributed by atoms with E-state index in [-0.39, 0.29) is 11.9 Å². The molecule has 1 atom stereocenters. The number of carbonyl (C=O) groups is 2. The molecule has 2 heterocycles. The molecule has 0 aliphatic carbocycles. The zero-order valence-electron chi connectivity index (χ0n) is 15.5. The largest absolute Gasteiger partial charge is 0.481 e. The third-order valence-corrected chi connectivity index (χ3v) is 4.36. The molecular weight excluding hydrogens is 344 g/mol. The predicted octanol–water partition coefficient (Wildman–Crippen LogP) is 3.53. The average Bonchev–Trinajstić information content (AvgIpc) is 3.06. The standard InChI is InChI=1S/C20H22N4O3/c1-12(2)24-18-15(11-22-24)9-16(10-21-18)19(25)23-17-6-4-14(5-7-17)8-13(3)20(26)27/h4-7,9-13H,8H2,1-3H3,(H,23,25)(H,26,27). The van der Waals surface area contributed by atoms with Crippen molar-refractivity contribution in [2.24, 2.45) is 5.92 Å². The lowest BCUT2D eigenvalue weighted by Gasteiger charge is -2.09. The minimum Gasteiger partial charge on any atom is -0.481 e. The number of nitrogens with zero attached hydrogens (tertiary/aromatic N) is 3. The highest BCUT2D eigenvalue weighted by Crippen LogP contribution is 2.18. The van der Waals surface area contributed by atoms with Crippen molar-refractivity contribution in [1.82, 2.24) is 14.8 Å². The number of amides is 1. The van der Waals surface area contributed by atoms with E-state index in [1.807, 2.05) is 30.7 Å². The van der Waals surface area contributed by atoms with Crippen LogP contribution in [0.15, 0.2) is 42.7 Å². The summed E-state index contributed by atoms with van der Waals surface area (Å²) in [6.45, 7) is 5.72. The maximum absolute atomic E-state index is 12.5. The van der Waals surface area contributed by atoms with Crippen LogP contribution >= 0.6 is 0 Å². The number of pyridine rings is 1. The lowest BCUT2D eigenvalue weighted by atomic mass is 10.0. The van der Waals surface area contributed by atoms with E-state index in [0.717, 1.165) is 16.6 Å². The first-order valence-electron chi connectivity index (χ1n) is 8.81. The molecular formula is C20H22N4O3. The molecule has 2 aromatic heterocycles. The number of carbonyl (C=O) groups excluding carboxylic acids is 1. The molecule has 3 rings (SSSR count). The van der Waals surface area contributed by atoms with Crippen molar-refractivity contribution in [3.63, 3.8) is 0 Å². The summed E-state index contributed by atoms with van der Waals surface area (Å²) in [4.78, 5) is 27.8. The Kier molecular flexibility index (Phi) is 5.21. The lowest BCUT2D eigenvalue weighted by Crippen LogP contribution is -2.13. The van der Waals surface area contributed by atoms with E-state index < -0.39 is 11.9 Å². The van der Waals surface area contributed by atoms with Gasteiger partial charge in [-0.2, -0.15) is 5.10 Å². The first-order valence-corrected chi connectivity index (χ1v) is 8.81. The van der Waals surface area contributed by atoms with Crippen LogP contribution < -0.4 is 5.32 Å². The van der Waals surface area contributed by atoms with Crippen LogP contribution in [0.1, 0.15) is 42.7 Å². The van der Waals surface area contributed by atoms with Crippen molar-refractivity contribution in [3.05, 3.63) is 53.9 Å². The number of carboxylic acids is 1. The van der Waals surface area contributed by atoms with Gasteiger partial charge in [0, 0.05) is 23.3 Å². The fraction of sp³-hybridized carbons (Fsp3) is 0.300. The van der Waals surface area contributed by atoms with Crippen molar-refractivity contribution >= 4 is 28.6 Å². The topological polar surface area (TPSA) is 97.1 Å². The van der Waals surface area contributed by atoms with Gasteiger partial charge in [0.05, 0.1) is 17.7 Å². The normalized spacial score (nSPS) is 12.3. The van der Waals surface area contributed by atoms with E-state index in [1.54, 1.807) is 37.5 Å². The van der Waals surface area contributed by atoms with Gasteiger partial charge in [0.2, 0.25) is 0 Å². The molecule has 1 aromatic carbocycles. The number of fused-ring (bicyclic) bond motifs is 1. The lowest BCUT2D eigenvalue weighted by molar-refractivity contribution is -0.141. The van der Waals surface area contributed by atoms with E-state index in [9.17, 15) is 9.59 Å². The van der Waals surface area contributed by atoms with Crippen LogP contribution in [0, 0.1) is 5.92 Å². The van der Waals surface area contributed by atoms with Gasteiger partial charge in [-0.05, 0) is 44.0 Å². The molecule has 27 heavy (non-hydrogen) atoms. The summed E-state index contributed by atoms with van der Waals surface area (Å²) < 4.78 is 1.81. The maximum atomic E-state index is 12.5. The molecule has 2 N–H and O–H groups in total. The van der Waals surface area contributed by atoms with Crippen molar-refractivity contribution < 1.29 is 14.7 Å². The van der Waals surface area contributed by atoms with Crippen LogP contribution in [0.2, 0.25) is 0 Å². The minimum absolute atomic E-state index is 0.192. The molecule has 0 radical (unpaired) electrons. The molecule has 1 unspecified atom stereocenters. The second-order valence-electron chi connectivity index (χ2n) is 6.91. The SMILES string of the molecule is CC(Cc1ccc(NC(=O)c2cnc3c(cnn3C(C)C)c2)cc1)C(=O)O. The molecule has 140 valence electrons. The molecule has 7 nitrogen and oxygen atoms in total.